The van der Waals surface area contributed by atoms with Crippen LogP contribution in [-0.4, -0.2) is 23.0 Å². The molecule has 1 fully saturated rings. The molecular weight excluding hydrogens is 272 g/mol. The monoisotopic (exact) mass is 296 g/mol. The fourth-order valence-electron chi connectivity index (χ4n) is 1.72. The van der Waals surface area contributed by atoms with E-state index in [-0.39, 0.29) is 0 Å². The van der Waals surface area contributed by atoms with E-state index in [9.17, 15) is 0 Å². The van der Waals surface area contributed by atoms with E-state index in [4.69, 9.17) is 0 Å². The molecule has 0 aliphatic carbocycles. The van der Waals surface area contributed by atoms with Crippen molar-refractivity contribution in [1.82, 2.24) is 0 Å². The van der Waals surface area contributed by atoms with Crippen molar-refractivity contribution < 1.29 is 0 Å². The van der Waals surface area contributed by atoms with Crippen molar-refractivity contribution in [3.05, 3.63) is 0 Å². The van der Waals surface area contributed by atoms with Gasteiger partial charge in [-0.2, -0.15) is 11.8 Å². The maximum atomic E-state index is 2.15. The molecular formula is C12H24S4. The van der Waals surface area contributed by atoms with Gasteiger partial charge in [-0.1, -0.05) is 60.1 Å². The maximum absolute atomic E-state index is 2.15. The van der Waals surface area contributed by atoms with E-state index in [1.807, 2.05) is 20.6 Å². The molecule has 16 heavy (non-hydrogen) atoms. The van der Waals surface area contributed by atoms with Gasteiger partial charge < -0.3 is 0 Å². The summed E-state index contributed by atoms with van der Waals surface area (Å²) in [5.41, 5.74) is 0. The average molecular weight is 297 g/mol. The molecule has 0 saturated carbocycles. The summed E-state index contributed by atoms with van der Waals surface area (Å²) in [4.78, 5) is 0. The summed E-state index contributed by atoms with van der Waals surface area (Å²) < 4.78 is 0. The summed E-state index contributed by atoms with van der Waals surface area (Å²) >= 11 is 2.15. The van der Waals surface area contributed by atoms with Gasteiger partial charge in [0.25, 0.3) is 0 Å². The summed E-state index contributed by atoms with van der Waals surface area (Å²) in [7, 11) is 6.12. The van der Waals surface area contributed by atoms with Gasteiger partial charge in [0.15, 0.2) is 0 Å². The van der Waals surface area contributed by atoms with Crippen LogP contribution in [0.3, 0.4) is 0 Å². The van der Waals surface area contributed by atoms with Gasteiger partial charge in [-0.3, -0.25) is 0 Å². The zero-order valence-electron chi connectivity index (χ0n) is 10.1. The molecule has 0 bridgehead atoms. The van der Waals surface area contributed by atoms with Crippen LogP contribution < -0.4 is 0 Å². The molecule has 0 aromatic heterocycles. The lowest BCUT2D eigenvalue weighted by molar-refractivity contribution is 0.588. The molecule has 0 atom stereocenters. The Balaban J connectivity index is 2.00. The van der Waals surface area contributed by atoms with E-state index in [0.717, 1.165) is 0 Å². The van der Waals surface area contributed by atoms with Crippen molar-refractivity contribution in [3.8, 4) is 0 Å². The fraction of sp³-hybridized carbons (Fsp3) is 1.00. The molecule has 4 heteroatoms. The van der Waals surface area contributed by atoms with Crippen molar-refractivity contribution >= 4 is 43.2 Å². The lowest BCUT2D eigenvalue weighted by atomic mass is 10.1. The predicted octanol–water partition coefficient (Wildman–Crippen LogP) is 5.88. The van der Waals surface area contributed by atoms with E-state index in [1.54, 1.807) is 0 Å². The molecule has 0 N–H and O–H groups in total. The quantitative estimate of drug-likeness (QED) is 0.511. The molecule has 0 unspecified atom stereocenters. The molecule has 1 heterocycles. The van der Waals surface area contributed by atoms with Crippen LogP contribution in [0.5, 0.6) is 0 Å². The summed E-state index contributed by atoms with van der Waals surface area (Å²) in [5.74, 6) is 5.41. The van der Waals surface area contributed by atoms with Crippen molar-refractivity contribution in [2.24, 2.45) is 0 Å². The third kappa shape index (κ3) is 10.5. The molecule has 0 radical (unpaired) electrons. The Bertz CT molecular complexity index is 77.0. The van der Waals surface area contributed by atoms with Crippen LogP contribution in [0.15, 0.2) is 0 Å². The molecule has 0 aromatic carbocycles. The van der Waals surface area contributed by atoms with Crippen LogP contribution in [0.1, 0.15) is 51.4 Å². The Morgan fingerprint density at radius 3 is 1.75 bits per heavy atom. The lowest BCUT2D eigenvalue weighted by Gasteiger charge is -2.05. The van der Waals surface area contributed by atoms with Crippen molar-refractivity contribution in [2.45, 2.75) is 51.4 Å². The number of hydrogen-bond donors (Lipinski definition) is 0. The first-order valence-electron chi connectivity index (χ1n) is 6.49. The Morgan fingerprint density at radius 2 is 1.00 bits per heavy atom. The highest BCUT2D eigenvalue weighted by atomic mass is 33.5. The van der Waals surface area contributed by atoms with Crippen molar-refractivity contribution in [1.29, 1.82) is 0 Å². The second kappa shape index (κ2) is 12.8. The van der Waals surface area contributed by atoms with Crippen LogP contribution in [0, 0.1) is 0 Å². The van der Waals surface area contributed by atoms with Crippen LogP contribution in [-0.2, 0) is 0 Å². The second-order valence-corrected chi connectivity index (χ2v) is 9.85. The van der Waals surface area contributed by atoms with Crippen LogP contribution in [0.4, 0.5) is 0 Å². The fourth-order valence-corrected chi connectivity index (χ4v) is 7.02. The minimum atomic E-state index is 1.32. The Labute approximate surface area is 117 Å². The molecule has 1 rings (SSSR count). The highest BCUT2D eigenvalue weighted by Crippen LogP contribution is 2.35. The summed E-state index contributed by atoms with van der Waals surface area (Å²) in [6.07, 6.45) is 11.7. The predicted molar refractivity (Wildman–Crippen MR) is 86.8 cm³/mol. The maximum Gasteiger partial charge on any atom is 0.0136 e. The molecule has 1 saturated heterocycles. The Morgan fingerprint density at radius 1 is 0.438 bits per heavy atom. The molecule has 0 nitrogen and oxygen atoms in total. The third-order valence-corrected chi connectivity index (χ3v) is 8.33. The highest BCUT2D eigenvalue weighted by molar-refractivity contribution is 9.09. The van der Waals surface area contributed by atoms with Gasteiger partial charge >= 0.3 is 0 Å². The van der Waals surface area contributed by atoms with Gasteiger partial charge in [-0.25, -0.2) is 0 Å². The summed E-state index contributed by atoms with van der Waals surface area (Å²) in [6, 6.07) is 0. The zero-order valence-corrected chi connectivity index (χ0v) is 13.4. The molecule has 1 aliphatic rings. The molecule has 96 valence electrons. The molecule has 1 aliphatic heterocycles. The standard InChI is InChI=1S/C12H24S4/c1-2-4-6-8-10-14-16-15-12-11-13-9-7-5-3-1/h1-12H2. The average Bonchev–Trinajstić information content (AvgIpc) is 2.29. The smallest absolute Gasteiger partial charge is 0.0136 e. The van der Waals surface area contributed by atoms with Crippen LogP contribution in [0.2, 0.25) is 0 Å². The minimum Gasteiger partial charge on any atom is -0.161 e. The summed E-state index contributed by atoms with van der Waals surface area (Å²) in [6.45, 7) is 0. The van der Waals surface area contributed by atoms with Gasteiger partial charge in [-0.05, 0) is 28.4 Å². The van der Waals surface area contributed by atoms with E-state index in [2.05, 4.69) is 22.6 Å². The van der Waals surface area contributed by atoms with E-state index >= 15 is 0 Å². The van der Waals surface area contributed by atoms with Gasteiger partial charge in [0, 0.05) is 17.3 Å². The van der Waals surface area contributed by atoms with Crippen LogP contribution >= 0.6 is 43.2 Å². The van der Waals surface area contributed by atoms with E-state index in [1.165, 1.54) is 74.4 Å². The van der Waals surface area contributed by atoms with Gasteiger partial charge in [0.2, 0.25) is 0 Å². The SMILES string of the molecule is C1CCCCCSSSCCSCCCC1. The van der Waals surface area contributed by atoms with Gasteiger partial charge in [-0.15, -0.1) is 0 Å². The first-order chi connectivity index (χ1) is 8.00. The molecule has 0 aromatic rings. The normalized spacial score (nSPS) is 24.0. The molecule has 0 spiro atoms. The Hall–Kier alpha value is 1.40. The molecule has 0 amide bonds. The number of rotatable bonds is 0. The topological polar surface area (TPSA) is 0 Å². The second-order valence-electron chi connectivity index (χ2n) is 4.15. The lowest BCUT2D eigenvalue weighted by Crippen LogP contribution is -1.88. The van der Waals surface area contributed by atoms with Gasteiger partial charge in [0.1, 0.15) is 0 Å². The zero-order chi connectivity index (χ0) is 11.3. The highest BCUT2D eigenvalue weighted by Gasteiger charge is 1.97. The largest absolute Gasteiger partial charge is 0.161 e. The van der Waals surface area contributed by atoms with E-state index in [0.29, 0.717) is 0 Å². The van der Waals surface area contributed by atoms with Crippen molar-refractivity contribution in [2.75, 3.05) is 23.0 Å². The first kappa shape index (κ1) is 15.5. The van der Waals surface area contributed by atoms with Crippen LogP contribution in [0.25, 0.3) is 0 Å². The van der Waals surface area contributed by atoms with Gasteiger partial charge in [0.05, 0.1) is 0 Å². The first-order valence-corrected chi connectivity index (χ1v) is 11.5. The number of hydrogen-bond acceptors (Lipinski definition) is 4. The minimum absolute atomic E-state index is 1.32. The van der Waals surface area contributed by atoms with Crippen molar-refractivity contribution in [3.63, 3.8) is 0 Å². The third-order valence-electron chi connectivity index (χ3n) is 2.67. The summed E-state index contributed by atoms with van der Waals surface area (Å²) in [5, 5.41) is 0. The van der Waals surface area contributed by atoms with E-state index < -0.39 is 0 Å². The Kier molecular flexibility index (Phi) is 12.4. The number of thioether (sulfide) groups is 1.